The lowest BCUT2D eigenvalue weighted by atomic mass is 10.1. The maximum absolute atomic E-state index is 13.7. The Balaban J connectivity index is 1.73. The Morgan fingerprint density at radius 1 is 1.32 bits per heavy atom. The van der Waals surface area contributed by atoms with Crippen molar-refractivity contribution in [3.63, 3.8) is 0 Å². The molecule has 1 atom stereocenters. The van der Waals surface area contributed by atoms with Crippen LogP contribution in [0.5, 0.6) is 0 Å². The van der Waals surface area contributed by atoms with Gasteiger partial charge in [0.2, 0.25) is 0 Å². The lowest BCUT2D eigenvalue weighted by Gasteiger charge is -2.28. The van der Waals surface area contributed by atoms with E-state index >= 15 is 0 Å². The molecule has 166 valence electrons. The highest BCUT2D eigenvalue weighted by Crippen LogP contribution is 2.23. The molecule has 12 heteroatoms. The molecule has 0 bridgehead atoms. The minimum absolute atomic E-state index is 0.00836. The topological polar surface area (TPSA) is 79.3 Å². The second-order valence-electron chi connectivity index (χ2n) is 6.91. The zero-order valence-corrected chi connectivity index (χ0v) is 18.4. The van der Waals surface area contributed by atoms with Crippen LogP contribution in [0.15, 0.2) is 31.0 Å². The number of rotatable bonds is 5. The summed E-state index contributed by atoms with van der Waals surface area (Å²) >= 11 is 1.61. The van der Waals surface area contributed by atoms with Crippen molar-refractivity contribution in [2.75, 3.05) is 11.9 Å². The second kappa shape index (κ2) is 8.85. The van der Waals surface area contributed by atoms with Crippen LogP contribution in [0.1, 0.15) is 23.0 Å². The van der Waals surface area contributed by atoms with Crippen molar-refractivity contribution in [1.82, 2.24) is 20.0 Å². The molecule has 7 nitrogen and oxygen atoms in total. The van der Waals surface area contributed by atoms with Crippen LogP contribution in [-0.2, 0) is 13.1 Å². The first-order chi connectivity index (χ1) is 14.5. The molecule has 2 N–H and O–H groups in total. The number of alkyl halides is 2. The summed E-state index contributed by atoms with van der Waals surface area (Å²) in [6, 6.07) is 0.0634. The number of aromatic nitrogens is 2. The Bertz CT molecular complexity index is 1020. The van der Waals surface area contributed by atoms with E-state index in [1.807, 2.05) is 0 Å². The Labute approximate surface area is 188 Å². The van der Waals surface area contributed by atoms with Gasteiger partial charge in [0, 0.05) is 18.3 Å². The molecule has 1 aromatic heterocycles. The van der Waals surface area contributed by atoms with Gasteiger partial charge in [0.25, 0.3) is 11.8 Å². The number of benzene rings is 1. The van der Waals surface area contributed by atoms with Gasteiger partial charge in [-0.05, 0) is 41.7 Å². The summed E-state index contributed by atoms with van der Waals surface area (Å²) in [5.41, 5.74) is 0.505. The van der Waals surface area contributed by atoms with Crippen molar-refractivity contribution >= 4 is 40.2 Å². The summed E-state index contributed by atoms with van der Waals surface area (Å²) in [7, 11) is 0. The van der Waals surface area contributed by atoms with Gasteiger partial charge in [-0.25, -0.2) is 13.6 Å². The summed E-state index contributed by atoms with van der Waals surface area (Å²) in [4.78, 5) is 26.4. The first-order valence-corrected chi connectivity index (χ1v) is 10.2. The molecule has 1 aliphatic rings. The predicted octanol–water partition coefficient (Wildman–Crippen LogP) is 3.75. The van der Waals surface area contributed by atoms with E-state index in [1.165, 1.54) is 21.8 Å². The molecule has 1 aliphatic heterocycles. The van der Waals surface area contributed by atoms with Crippen molar-refractivity contribution in [2.24, 2.45) is 0 Å². The zero-order chi connectivity index (χ0) is 22.9. The predicted molar refractivity (Wildman–Crippen MR) is 113 cm³/mol. The smallest absolute Gasteiger partial charge is 0.322 e. The van der Waals surface area contributed by atoms with Gasteiger partial charge in [-0.2, -0.15) is 13.9 Å². The minimum atomic E-state index is -3.29. The SMILES string of the molecule is C=CC(F)(F)[C@@H](C)NC(=O)c1cnn2c1CN(C(=O)Nc1cc(F)c(F)c(I)c1)CC2. The van der Waals surface area contributed by atoms with Gasteiger partial charge in [-0.3, -0.25) is 9.48 Å². The molecule has 1 aromatic carbocycles. The highest BCUT2D eigenvalue weighted by molar-refractivity contribution is 14.1. The maximum Gasteiger partial charge on any atom is 0.322 e. The number of nitrogens with one attached hydrogen (secondary N) is 2. The maximum atomic E-state index is 13.7. The molecule has 3 amide bonds. The highest BCUT2D eigenvalue weighted by atomic mass is 127. The largest absolute Gasteiger partial charge is 0.343 e. The molecule has 0 saturated carbocycles. The molecule has 0 fully saturated rings. The van der Waals surface area contributed by atoms with Crippen LogP contribution in [0.4, 0.5) is 28.0 Å². The number of fused-ring (bicyclic) bond motifs is 1. The first-order valence-electron chi connectivity index (χ1n) is 9.11. The number of nitrogens with zero attached hydrogens (tertiary/aromatic N) is 3. The van der Waals surface area contributed by atoms with E-state index in [1.54, 1.807) is 22.6 Å². The average Bonchev–Trinajstić information content (AvgIpc) is 3.15. The standard InChI is InChI=1S/C19H18F4IN5O2/c1-3-19(22,23)10(2)26-17(30)12-8-25-29-5-4-28(9-15(12)29)18(31)27-11-6-13(20)16(21)14(24)7-11/h3,6-8,10H,1,4-5,9H2,2H3,(H,26,30)(H,27,31)/t10-/m1/s1. The quantitative estimate of drug-likeness (QED) is 0.257. The van der Waals surface area contributed by atoms with E-state index in [2.05, 4.69) is 22.3 Å². The second-order valence-corrected chi connectivity index (χ2v) is 8.07. The molecule has 0 radical (unpaired) electrons. The van der Waals surface area contributed by atoms with Crippen LogP contribution in [0.25, 0.3) is 0 Å². The fourth-order valence-electron chi connectivity index (χ4n) is 2.99. The molecule has 0 saturated heterocycles. The van der Waals surface area contributed by atoms with E-state index in [0.29, 0.717) is 11.8 Å². The highest BCUT2D eigenvalue weighted by Gasteiger charge is 2.35. The van der Waals surface area contributed by atoms with Crippen LogP contribution in [0.3, 0.4) is 0 Å². The van der Waals surface area contributed by atoms with Gasteiger partial charge in [0.05, 0.1) is 40.2 Å². The minimum Gasteiger partial charge on any atom is -0.343 e. The Morgan fingerprint density at radius 3 is 2.68 bits per heavy atom. The van der Waals surface area contributed by atoms with E-state index in [-0.39, 0.29) is 34.5 Å². The van der Waals surface area contributed by atoms with Gasteiger partial charge in [-0.15, -0.1) is 0 Å². The van der Waals surface area contributed by atoms with E-state index in [4.69, 9.17) is 0 Å². The molecule has 0 aliphatic carbocycles. The van der Waals surface area contributed by atoms with Gasteiger partial charge in [0.15, 0.2) is 11.6 Å². The molecule has 0 spiro atoms. The molecular formula is C19H18F4IN5O2. The van der Waals surface area contributed by atoms with Gasteiger partial charge >= 0.3 is 6.03 Å². The fraction of sp³-hybridized carbons (Fsp3) is 0.316. The number of carbonyl (C=O) groups is 2. The summed E-state index contributed by atoms with van der Waals surface area (Å²) in [5, 5.41) is 8.78. The monoisotopic (exact) mass is 551 g/mol. The molecule has 2 heterocycles. The number of urea groups is 1. The molecule has 31 heavy (non-hydrogen) atoms. The number of anilines is 1. The molecule has 3 rings (SSSR count). The van der Waals surface area contributed by atoms with E-state index in [0.717, 1.165) is 13.0 Å². The van der Waals surface area contributed by atoms with E-state index < -0.39 is 35.5 Å². The number of carbonyl (C=O) groups excluding carboxylic acids is 2. The lowest BCUT2D eigenvalue weighted by molar-refractivity contribution is 0.0187. The van der Waals surface area contributed by atoms with Crippen LogP contribution in [-0.4, -0.2) is 45.1 Å². The van der Waals surface area contributed by atoms with Gasteiger partial charge in [-0.1, -0.05) is 6.58 Å². The van der Waals surface area contributed by atoms with Crippen molar-refractivity contribution in [3.05, 3.63) is 57.4 Å². The van der Waals surface area contributed by atoms with Crippen molar-refractivity contribution in [1.29, 1.82) is 0 Å². The third-order valence-electron chi connectivity index (χ3n) is 4.84. The lowest BCUT2D eigenvalue weighted by Crippen LogP contribution is -2.45. The van der Waals surface area contributed by atoms with Crippen LogP contribution in [0, 0.1) is 15.2 Å². The van der Waals surface area contributed by atoms with Crippen LogP contribution >= 0.6 is 22.6 Å². The van der Waals surface area contributed by atoms with E-state index in [9.17, 15) is 27.2 Å². The van der Waals surface area contributed by atoms with Crippen molar-refractivity contribution in [2.45, 2.75) is 32.0 Å². The average molecular weight is 551 g/mol. The number of hydrogen-bond acceptors (Lipinski definition) is 3. The fourth-order valence-corrected chi connectivity index (χ4v) is 3.58. The summed E-state index contributed by atoms with van der Waals surface area (Å²) in [6.45, 7) is 4.70. The Kier molecular flexibility index (Phi) is 6.57. The Morgan fingerprint density at radius 2 is 2.03 bits per heavy atom. The number of halogens is 5. The zero-order valence-electron chi connectivity index (χ0n) is 16.3. The molecule has 0 unspecified atom stereocenters. The normalized spacial score (nSPS) is 14.6. The first kappa shape index (κ1) is 23.0. The van der Waals surface area contributed by atoms with Crippen molar-refractivity contribution < 1.29 is 27.2 Å². The summed E-state index contributed by atoms with van der Waals surface area (Å²) in [6.07, 6.45) is 1.71. The third-order valence-corrected chi connectivity index (χ3v) is 5.62. The third kappa shape index (κ3) is 4.83. The number of amides is 3. The Hall–Kier alpha value is -2.64. The van der Waals surface area contributed by atoms with Crippen LogP contribution in [0.2, 0.25) is 0 Å². The summed E-state index contributed by atoms with van der Waals surface area (Å²) < 4.78 is 55.9. The van der Waals surface area contributed by atoms with Gasteiger partial charge < -0.3 is 15.5 Å². The number of hydrogen-bond donors (Lipinski definition) is 2. The molecular weight excluding hydrogens is 533 g/mol. The van der Waals surface area contributed by atoms with Crippen LogP contribution < -0.4 is 10.6 Å². The van der Waals surface area contributed by atoms with Gasteiger partial charge in [0.1, 0.15) is 0 Å². The van der Waals surface area contributed by atoms with Crippen molar-refractivity contribution in [3.8, 4) is 0 Å². The summed E-state index contributed by atoms with van der Waals surface area (Å²) in [5.74, 6) is -6.15. The molecule has 2 aromatic rings.